The summed E-state index contributed by atoms with van der Waals surface area (Å²) in [7, 11) is 1.41. The highest BCUT2D eigenvalue weighted by Gasteiger charge is 2.02. The molecule has 0 unspecified atom stereocenters. The van der Waals surface area contributed by atoms with E-state index < -0.39 is 0 Å². The molecule has 24 heavy (non-hydrogen) atoms. The van der Waals surface area contributed by atoms with Crippen molar-refractivity contribution in [3.63, 3.8) is 0 Å². The van der Waals surface area contributed by atoms with Crippen LogP contribution >= 0.6 is 28.1 Å². The van der Waals surface area contributed by atoms with Crippen LogP contribution in [0.1, 0.15) is 44.6 Å². The summed E-state index contributed by atoms with van der Waals surface area (Å²) in [5.74, 6) is -0.158. The quantitative estimate of drug-likeness (QED) is 0.212. The third-order valence-corrected chi connectivity index (χ3v) is 4.14. The summed E-state index contributed by atoms with van der Waals surface area (Å²) in [6, 6.07) is 8.02. The monoisotopic (exact) mass is 413 g/mol. The predicted molar refractivity (Wildman–Crippen MR) is 105 cm³/mol. The molecule has 7 heteroatoms. The van der Waals surface area contributed by atoms with Gasteiger partial charge in [0.1, 0.15) is 0 Å². The zero-order valence-corrected chi connectivity index (χ0v) is 16.5. The van der Waals surface area contributed by atoms with Crippen LogP contribution in [0.5, 0.6) is 0 Å². The van der Waals surface area contributed by atoms with E-state index in [-0.39, 0.29) is 5.97 Å². The molecule has 1 aromatic carbocycles. The number of carbonyl (C=O) groups is 1. The van der Waals surface area contributed by atoms with Crippen LogP contribution in [0, 0.1) is 0 Å². The molecule has 0 atom stereocenters. The number of carbonyl (C=O) groups excluding carboxylic acids is 1. The van der Waals surface area contributed by atoms with Gasteiger partial charge in [-0.1, -0.05) is 41.4 Å². The minimum Gasteiger partial charge on any atom is -0.469 e. The Kier molecular flexibility index (Phi) is 10.3. The molecule has 0 heterocycles. The second-order valence-corrected chi connectivity index (χ2v) is 6.50. The summed E-state index contributed by atoms with van der Waals surface area (Å²) in [6.45, 7) is 2.81. The molecule has 132 valence electrons. The van der Waals surface area contributed by atoms with Gasteiger partial charge in [0.15, 0.2) is 5.11 Å². The normalized spacial score (nSPS) is 11.0. The lowest BCUT2D eigenvalue weighted by molar-refractivity contribution is -0.140. The fourth-order valence-corrected chi connectivity index (χ4v) is 2.43. The van der Waals surface area contributed by atoms with E-state index in [9.17, 15) is 4.79 Å². The first kappa shape index (κ1) is 20.6. The van der Waals surface area contributed by atoms with Crippen molar-refractivity contribution >= 4 is 44.9 Å². The summed E-state index contributed by atoms with van der Waals surface area (Å²) in [5, 5.41) is 8.00. The fraction of sp³-hybridized carbons (Fsp3) is 0.471. The van der Waals surface area contributed by atoms with Gasteiger partial charge >= 0.3 is 5.97 Å². The second-order valence-electron chi connectivity index (χ2n) is 5.17. The molecule has 0 amide bonds. The number of hydrogen-bond donors (Lipinski definition) is 2. The minimum atomic E-state index is -0.158. The highest BCUT2D eigenvalue weighted by Crippen LogP contribution is 2.12. The molecule has 0 aliphatic rings. The van der Waals surface area contributed by atoms with Crippen LogP contribution < -0.4 is 10.7 Å². The lowest BCUT2D eigenvalue weighted by Gasteiger charge is -2.09. The van der Waals surface area contributed by atoms with Crippen LogP contribution in [0.3, 0.4) is 0 Å². The van der Waals surface area contributed by atoms with Gasteiger partial charge in [0, 0.05) is 17.4 Å². The molecular weight excluding hydrogens is 390 g/mol. The summed E-state index contributed by atoms with van der Waals surface area (Å²) in [6.07, 6.45) is 4.00. The number of hydrazone groups is 1. The molecule has 5 nitrogen and oxygen atoms in total. The summed E-state index contributed by atoms with van der Waals surface area (Å²) in [5.41, 5.74) is 4.90. The molecule has 0 bridgehead atoms. The number of unbranched alkanes of at least 4 members (excludes halogenated alkanes) is 2. The van der Waals surface area contributed by atoms with E-state index in [1.807, 2.05) is 24.3 Å². The topological polar surface area (TPSA) is 62.7 Å². The van der Waals surface area contributed by atoms with Crippen molar-refractivity contribution in [2.45, 2.75) is 39.0 Å². The van der Waals surface area contributed by atoms with Crippen molar-refractivity contribution in [2.24, 2.45) is 5.10 Å². The summed E-state index contributed by atoms with van der Waals surface area (Å²) >= 11 is 8.64. The third-order valence-electron chi connectivity index (χ3n) is 3.38. The maximum Gasteiger partial charge on any atom is 0.305 e. The van der Waals surface area contributed by atoms with Crippen LogP contribution in [-0.2, 0) is 9.53 Å². The van der Waals surface area contributed by atoms with Crippen molar-refractivity contribution in [3.8, 4) is 0 Å². The second kappa shape index (κ2) is 12.0. The van der Waals surface area contributed by atoms with E-state index in [2.05, 4.69) is 43.4 Å². The van der Waals surface area contributed by atoms with E-state index in [1.54, 1.807) is 0 Å². The number of nitrogens with zero attached hydrogens (tertiary/aromatic N) is 1. The van der Waals surface area contributed by atoms with E-state index in [0.29, 0.717) is 11.5 Å². The van der Waals surface area contributed by atoms with Crippen LogP contribution in [0.4, 0.5) is 0 Å². The molecule has 0 aliphatic carbocycles. The smallest absolute Gasteiger partial charge is 0.305 e. The minimum absolute atomic E-state index is 0.158. The number of esters is 1. The zero-order valence-electron chi connectivity index (χ0n) is 14.1. The number of hydrogen-bond acceptors (Lipinski definition) is 4. The van der Waals surface area contributed by atoms with Gasteiger partial charge < -0.3 is 10.1 Å². The van der Waals surface area contributed by atoms with E-state index >= 15 is 0 Å². The number of benzene rings is 1. The summed E-state index contributed by atoms with van der Waals surface area (Å²) < 4.78 is 5.64. The SMILES string of the molecule is CC/C(=N/NC(=S)NCCCCCC(=O)OC)c1ccc(Br)cc1. The summed E-state index contributed by atoms with van der Waals surface area (Å²) in [4.78, 5) is 11.0. The molecule has 2 N–H and O–H groups in total. The van der Waals surface area contributed by atoms with Crippen molar-refractivity contribution in [1.82, 2.24) is 10.7 Å². The first-order valence-corrected chi connectivity index (χ1v) is 9.20. The van der Waals surface area contributed by atoms with Gasteiger partial charge in [-0.25, -0.2) is 0 Å². The zero-order chi connectivity index (χ0) is 17.8. The van der Waals surface area contributed by atoms with Crippen LogP contribution in [-0.4, -0.2) is 30.4 Å². The third kappa shape index (κ3) is 8.40. The highest BCUT2D eigenvalue weighted by atomic mass is 79.9. The molecule has 0 aliphatic heterocycles. The van der Waals surface area contributed by atoms with Gasteiger partial charge in [-0.3, -0.25) is 10.2 Å². The van der Waals surface area contributed by atoms with E-state index in [0.717, 1.165) is 48.0 Å². The molecule has 0 saturated carbocycles. The number of ether oxygens (including phenoxy) is 1. The molecule has 0 aromatic heterocycles. The van der Waals surface area contributed by atoms with Crippen LogP contribution in [0.15, 0.2) is 33.8 Å². The number of nitrogens with one attached hydrogen (secondary N) is 2. The molecule has 0 fully saturated rings. The van der Waals surface area contributed by atoms with Gasteiger partial charge in [-0.2, -0.15) is 5.10 Å². The van der Waals surface area contributed by atoms with Gasteiger partial charge in [0.2, 0.25) is 0 Å². The Labute approximate surface area is 157 Å². The largest absolute Gasteiger partial charge is 0.469 e. The van der Waals surface area contributed by atoms with Crippen molar-refractivity contribution < 1.29 is 9.53 Å². The number of rotatable bonds is 9. The van der Waals surface area contributed by atoms with Gasteiger partial charge in [-0.05, 0) is 49.2 Å². The van der Waals surface area contributed by atoms with E-state index in [4.69, 9.17) is 12.2 Å². The Hall–Kier alpha value is -1.47. The molecule has 1 rings (SSSR count). The first-order valence-electron chi connectivity index (χ1n) is 8.00. The lowest BCUT2D eigenvalue weighted by atomic mass is 10.1. The highest BCUT2D eigenvalue weighted by molar-refractivity contribution is 9.10. The maximum absolute atomic E-state index is 11.0. The number of halogens is 1. The Bertz CT molecular complexity index is 561. The molecular formula is C17H24BrN3O2S. The van der Waals surface area contributed by atoms with Gasteiger partial charge in [-0.15, -0.1) is 0 Å². The lowest BCUT2D eigenvalue weighted by Crippen LogP contribution is -2.33. The standard InChI is InChI=1S/C17H24BrN3O2S/c1-3-15(13-8-10-14(18)11-9-13)20-21-17(24)19-12-6-4-5-7-16(22)23-2/h8-11H,3-7,12H2,1-2H3,(H2,19,21,24)/b20-15-. The number of thiocarbonyl (C=S) groups is 1. The molecule has 0 spiro atoms. The average molecular weight is 414 g/mol. The Morgan fingerprint density at radius 3 is 2.58 bits per heavy atom. The van der Waals surface area contributed by atoms with Gasteiger partial charge in [0.25, 0.3) is 0 Å². The van der Waals surface area contributed by atoms with Crippen LogP contribution in [0.2, 0.25) is 0 Å². The molecule has 0 radical (unpaired) electrons. The first-order chi connectivity index (χ1) is 11.6. The molecule has 1 aromatic rings. The van der Waals surface area contributed by atoms with Crippen molar-refractivity contribution in [3.05, 3.63) is 34.3 Å². The van der Waals surface area contributed by atoms with Crippen molar-refractivity contribution in [1.29, 1.82) is 0 Å². The van der Waals surface area contributed by atoms with Crippen molar-refractivity contribution in [2.75, 3.05) is 13.7 Å². The number of methoxy groups -OCH3 is 1. The predicted octanol–water partition coefficient (Wildman–Crippen LogP) is 3.76. The average Bonchev–Trinajstić information content (AvgIpc) is 2.59. The van der Waals surface area contributed by atoms with Gasteiger partial charge in [0.05, 0.1) is 12.8 Å². The molecule has 0 saturated heterocycles. The Morgan fingerprint density at radius 2 is 1.96 bits per heavy atom. The van der Waals surface area contributed by atoms with E-state index in [1.165, 1.54) is 7.11 Å². The Balaban J connectivity index is 2.28. The van der Waals surface area contributed by atoms with Crippen LogP contribution in [0.25, 0.3) is 0 Å². The fourth-order valence-electron chi connectivity index (χ4n) is 2.02. The Morgan fingerprint density at radius 1 is 1.25 bits per heavy atom. The maximum atomic E-state index is 11.0.